The minimum absolute atomic E-state index is 0.155. The monoisotopic (exact) mass is 376 g/mol. The first kappa shape index (κ1) is 17.9. The van der Waals surface area contributed by atoms with Crippen LogP contribution in [0.1, 0.15) is 10.4 Å². The lowest BCUT2D eigenvalue weighted by Gasteiger charge is -2.26. The van der Waals surface area contributed by atoms with Gasteiger partial charge in [-0.1, -0.05) is 23.7 Å². The number of amides is 1. The molecule has 3 N–H and O–H groups in total. The molecule has 0 aliphatic carbocycles. The molecule has 0 saturated heterocycles. The van der Waals surface area contributed by atoms with Gasteiger partial charge in [0.25, 0.3) is 5.91 Å². The van der Waals surface area contributed by atoms with Gasteiger partial charge in [-0.15, -0.1) is 0 Å². The Morgan fingerprint density at radius 3 is 2.77 bits per heavy atom. The van der Waals surface area contributed by atoms with Crippen LogP contribution in [-0.4, -0.2) is 37.7 Å². The number of para-hydroxylation sites is 2. The Morgan fingerprint density at radius 1 is 1.23 bits per heavy atom. The van der Waals surface area contributed by atoms with Crippen molar-refractivity contribution in [1.29, 1.82) is 0 Å². The third-order valence-corrected chi connectivity index (χ3v) is 3.90. The summed E-state index contributed by atoms with van der Waals surface area (Å²) in [6.45, 7) is 0.122. The number of halogens is 1. The minimum Gasteiger partial charge on any atom is -0.486 e. The lowest BCUT2D eigenvalue weighted by atomic mass is 10.2. The molecule has 26 heavy (non-hydrogen) atoms. The van der Waals surface area contributed by atoms with Crippen LogP contribution < -0.4 is 20.5 Å². The molecule has 0 radical (unpaired) electrons. The Kier molecular flexibility index (Phi) is 5.48. The molecular formula is C18H17ClN2O5. The van der Waals surface area contributed by atoms with Gasteiger partial charge in [-0.2, -0.15) is 0 Å². The van der Waals surface area contributed by atoms with Gasteiger partial charge in [-0.05, 0) is 30.3 Å². The first-order valence-corrected chi connectivity index (χ1v) is 8.28. The molecular weight excluding hydrogens is 360 g/mol. The summed E-state index contributed by atoms with van der Waals surface area (Å²) in [5.74, 6) is 0.154. The second kappa shape index (κ2) is 7.97. The number of fused-ring (bicyclic) bond motifs is 1. The fraction of sp³-hybridized carbons (Fsp3) is 0.222. The smallest absolute Gasteiger partial charge is 0.340 e. The van der Waals surface area contributed by atoms with Crippen molar-refractivity contribution >= 4 is 29.2 Å². The molecule has 8 heteroatoms. The van der Waals surface area contributed by atoms with Crippen LogP contribution in [0.3, 0.4) is 0 Å². The standard InChI is InChI=1S/C18H17ClN2O5/c19-11-5-6-13(14(20)7-11)18(23)25-10-17(22)21-8-12-9-24-15-3-1-2-4-16(15)26-12/h1-7,12H,8-10,20H2,(H,21,22)/t12-/m1/s1. The zero-order valence-electron chi connectivity index (χ0n) is 13.7. The van der Waals surface area contributed by atoms with Gasteiger partial charge < -0.3 is 25.3 Å². The van der Waals surface area contributed by atoms with Crippen molar-refractivity contribution in [1.82, 2.24) is 5.32 Å². The third-order valence-electron chi connectivity index (χ3n) is 3.66. The summed E-state index contributed by atoms with van der Waals surface area (Å²) in [6.07, 6.45) is -0.323. The molecule has 0 unspecified atom stereocenters. The van der Waals surface area contributed by atoms with E-state index in [0.29, 0.717) is 23.1 Å². The predicted octanol–water partition coefficient (Wildman–Crippen LogP) is 2.04. The molecule has 0 spiro atoms. The summed E-state index contributed by atoms with van der Waals surface area (Å²) in [6, 6.07) is 11.7. The highest BCUT2D eigenvalue weighted by molar-refractivity contribution is 6.31. The highest BCUT2D eigenvalue weighted by Crippen LogP contribution is 2.30. The average Bonchev–Trinajstić information content (AvgIpc) is 2.64. The molecule has 7 nitrogen and oxygen atoms in total. The zero-order chi connectivity index (χ0) is 18.5. The normalized spacial score (nSPS) is 15.2. The van der Waals surface area contributed by atoms with E-state index in [2.05, 4.69) is 5.32 Å². The Morgan fingerprint density at radius 2 is 2.00 bits per heavy atom. The van der Waals surface area contributed by atoms with Crippen molar-refractivity contribution in [2.75, 3.05) is 25.5 Å². The second-order valence-electron chi connectivity index (χ2n) is 5.61. The molecule has 1 aliphatic heterocycles. The Labute approximate surface area is 155 Å². The van der Waals surface area contributed by atoms with E-state index in [4.69, 9.17) is 31.5 Å². The zero-order valence-corrected chi connectivity index (χ0v) is 14.5. The van der Waals surface area contributed by atoms with Crippen molar-refractivity contribution in [3.05, 3.63) is 53.1 Å². The van der Waals surface area contributed by atoms with E-state index in [9.17, 15) is 9.59 Å². The summed E-state index contributed by atoms with van der Waals surface area (Å²) >= 11 is 5.78. The van der Waals surface area contributed by atoms with Crippen molar-refractivity contribution < 1.29 is 23.8 Å². The number of hydrogen-bond acceptors (Lipinski definition) is 6. The summed E-state index contributed by atoms with van der Waals surface area (Å²) in [5.41, 5.74) is 6.05. The molecule has 2 aromatic rings. The van der Waals surface area contributed by atoms with E-state index in [1.54, 1.807) is 6.07 Å². The van der Waals surface area contributed by atoms with Gasteiger partial charge in [0.2, 0.25) is 0 Å². The maximum Gasteiger partial charge on any atom is 0.340 e. The van der Waals surface area contributed by atoms with Crippen molar-refractivity contribution in [2.24, 2.45) is 0 Å². The maximum atomic E-state index is 12.0. The van der Waals surface area contributed by atoms with Crippen LogP contribution in [0.2, 0.25) is 5.02 Å². The van der Waals surface area contributed by atoms with Crippen LogP contribution in [0.25, 0.3) is 0 Å². The van der Waals surface area contributed by atoms with Crippen LogP contribution >= 0.6 is 11.6 Å². The molecule has 1 amide bonds. The van der Waals surface area contributed by atoms with E-state index in [0.717, 1.165) is 0 Å². The molecule has 136 valence electrons. The van der Waals surface area contributed by atoms with Crippen LogP contribution in [0.15, 0.2) is 42.5 Å². The van der Waals surface area contributed by atoms with E-state index in [1.807, 2.05) is 18.2 Å². The largest absolute Gasteiger partial charge is 0.486 e. The number of carbonyl (C=O) groups excluding carboxylic acids is 2. The SMILES string of the molecule is Nc1cc(Cl)ccc1C(=O)OCC(=O)NC[C@@H]1COc2ccccc2O1. The molecule has 0 aromatic heterocycles. The minimum atomic E-state index is -0.694. The maximum absolute atomic E-state index is 12.0. The molecule has 3 rings (SSSR count). The summed E-state index contributed by atoms with van der Waals surface area (Å²) in [5, 5.41) is 3.05. The van der Waals surface area contributed by atoms with Gasteiger partial charge in [0.15, 0.2) is 18.1 Å². The van der Waals surface area contributed by atoms with Gasteiger partial charge in [-0.25, -0.2) is 4.79 Å². The number of benzene rings is 2. The summed E-state index contributed by atoms with van der Waals surface area (Å²) in [4.78, 5) is 23.8. The molecule has 0 saturated carbocycles. The fourth-order valence-corrected chi connectivity index (χ4v) is 2.55. The number of carbonyl (C=O) groups is 2. The lowest BCUT2D eigenvalue weighted by Crippen LogP contribution is -2.42. The van der Waals surface area contributed by atoms with Gasteiger partial charge in [0.1, 0.15) is 12.7 Å². The van der Waals surface area contributed by atoms with Crippen LogP contribution in [0, 0.1) is 0 Å². The predicted molar refractivity (Wildman–Crippen MR) is 95.5 cm³/mol. The Hall–Kier alpha value is -2.93. The van der Waals surface area contributed by atoms with E-state index >= 15 is 0 Å². The van der Waals surface area contributed by atoms with Gasteiger partial charge in [-0.3, -0.25) is 4.79 Å². The van der Waals surface area contributed by atoms with Crippen LogP contribution in [-0.2, 0) is 9.53 Å². The number of nitrogens with two attached hydrogens (primary N) is 1. The molecule has 2 aromatic carbocycles. The third kappa shape index (κ3) is 4.37. The number of nitrogen functional groups attached to an aromatic ring is 1. The van der Waals surface area contributed by atoms with Crippen LogP contribution in [0.5, 0.6) is 11.5 Å². The molecule has 1 atom stereocenters. The highest BCUT2D eigenvalue weighted by Gasteiger charge is 2.21. The quantitative estimate of drug-likeness (QED) is 0.612. The van der Waals surface area contributed by atoms with Crippen molar-refractivity contribution in [3.63, 3.8) is 0 Å². The van der Waals surface area contributed by atoms with E-state index in [1.165, 1.54) is 18.2 Å². The summed E-state index contributed by atoms with van der Waals surface area (Å²) < 4.78 is 16.2. The number of esters is 1. The molecule has 0 fully saturated rings. The highest BCUT2D eigenvalue weighted by atomic mass is 35.5. The second-order valence-corrected chi connectivity index (χ2v) is 6.05. The average molecular weight is 377 g/mol. The van der Waals surface area contributed by atoms with Crippen molar-refractivity contribution in [3.8, 4) is 11.5 Å². The Bertz CT molecular complexity index is 827. The van der Waals surface area contributed by atoms with Gasteiger partial charge in [0, 0.05) is 10.7 Å². The van der Waals surface area contributed by atoms with E-state index in [-0.39, 0.29) is 23.9 Å². The fourth-order valence-electron chi connectivity index (χ4n) is 2.37. The Balaban J connectivity index is 1.44. The first-order chi connectivity index (χ1) is 12.5. The first-order valence-electron chi connectivity index (χ1n) is 7.90. The van der Waals surface area contributed by atoms with Gasteiger partial charge in [0.05, 0.1) is 12.1 Å². The van der Waals surface area contributed by atoms with E-state index < -0.39 is 18.5 Å². The molecule has 0 bridgehead atoms. The number of hydrogen-bond donors (Lipinski definition) is 2. The number of anilines is 1. The number of rotatable bonds is 5. The van der Waals surface area contributed by atoms with Crippen LogP contribution in [0.4, 0.5) is 5.69 Å². The molecule has 1 aliphatic rings. The topological polar surface area (TPSA) is 99.9 Å². The summed E-state index contributed by atoms with van der Waals surface area (Å²) in [7, 11) is 0. The lowest BCUT2D eigenvalue weighted by molar-refractivity contribution is -0.124. The number of nitrogens with one attached hydrogen (secondary N) is 1. The van der Waals surface area contributed by atoms with Gasteiger partial charge >= 0.3 is 5.97 Å². The van der Waals surface area contributed by atoms with Crippen molar-refractivity contribution in [2.45, 2.75) is 6.10 Å². The molecule has 1 heterocycles. The number of ether oxygens (including phenoxy) is 3.